The van der Waals surface area contributed by atoms with Gasteiger partial charge in [0.2, 0.25) is 0 Å². The average Bonchev–Trinajstić information content (AvgIpc) is 3.21. The Morgan fingerprint density at radius 2 is 0.933 bits per heavy atom. The number of allylic oxidation sites excluding steroid dienone is 10. The minimum Gasteiger partial charge on any atom is -0.544 e. The first-order valence-corrected chi connectivity index (χ1v) is 24.3. The van der Waals surface area contributed by atoms with Crippen LogP contribution in [0.2, 0.25) is 0 Å². The number of likely N-dealkylation sites (N-methyl/N-ethyl adjacent to an activating group) is 1. The Balaban J connectivity index is 4.32. The maximum atomic E-state index is 12.8. The Bertz CT molecular complexity index is 1170. The van der Waals surface area contributed by atoms with Gasteiger partial charge >= 0.3 is 11.9 Å². The first-order chi connectivity index (χ1) is 29.1. The molecule has 0 aromatic heterocycles. The third-order valence-corrected chi connectivity index (χ3v) is 10.6. The molecule has 0 aromatic carbocycles. The van der Waals surface area contributed by atoms with E-state index in [2.05, 4.69) is 74.6 Å². The van der Waals surface area contributed by atoms with Gasteiger partial charge in [-0.25, -0.2) is 0 Å². The summed E-state index contributed by atoms with van der Waals surface area (Å²) in [5.74, 6) is -1.76. The highest BCUT2D eigenvalue weighted by Crippen LogP contribution is 2.14. The molecule has 0 saturated heterocycles. The van der Waals surface area contributed by atoms with E-state index in [1.807, 2.05) is 0 Å². The molecule has 0 amide bonds. The lowest BCUT2D eigenvalue weighted by atomic mass is 10.1. The number of hydrogen-bond donors (Lipinski definition) is 0. The summed E-state index contributed by atoms with van der Waals surface area (Å²) < 4.78 is 17.2. The van der Waals surface area contributed by atoms with Crippen LogP contribution in [-0.2, 0) is 28.6 Å². The number of nitrogens with zero attached hydrogens (tertiary/aromatic N) is 1. The normalized spacial score (nSPS) is 13.4. The molecule has 0 spiro atoms. The second-order valence-electron chi connectivity index (χ2n) is 17.3. The lowest BCUT2D eigenvalue weighted by Gasteiger charge is -2.34. The van der Waals surface area contributed by atoms with Crippen LogP contribution in [0.5, 0.6) is 0 Å². The molecule has 8 nitrogen and oxygen atoms in total. The van der Waals surface area contributed by atoms with Gasteiger partial charge in [-0.3, -0.25) is 9.59 Å². The molecule has 2 atom stereocenters. The maximum absolute atomic E-state index is 12.8. The molecule has 0 N–H and O–H groups in total. The van der Waals surface area contributed by atoms with Gasteiger partial charge in [0, 0.05) is 19.3 Å². The van der Waals surface area contributed by atoms with Crippen molar-refractivity contribution in [2.45, 2.75) is 212 Å². The fourth-order valence-electron chi connectivity index (χ4n) is 6.88. The van der Waals surface area contributed by atoms with Crippen molar-refractivity contribution in [3.63, 3.8) is 0 Å². The van der Waals surface area contributed by atoms with Crippen molar-refractivity contribution in [1.82, 2.24) is 0 Å². The lowest BCUT2D eigenvalue weighted by molar-refractivity contribution is -0.889. The van der Waals surface area contributed by atoms with E-state index in [9.17, 15) is 19.5 Å². The molecule has 0 saturated carbocycles. The zero-order valence-corrected chi connectivity index (χ0v) is 39.4. The highest BCUT2D eigenvalue weighted by molar-refractivity contribution is 5.70. The Kier molecular flexibility index (Phi) is 40.6. The predicted octanol–water partition coefficient (Wildman–Crippen LogP) is 12.4. The molecule has 8 heteroatoms. The smallest absolute Gasteiger partial charge is 0.306 e. The molecule has 0 aliphatic heterocycles. The predicted molar refractivity (Wildman–Crippen MR) is 249 cm³/mol. The summed E-state index contributed by atoms with van der Waals surface area (Å²) in [6.45, 7) is 4.53. The van der Waals surface area contributed by atoms with Crippen LogP contribution in [0.4, 0.5) is 0 Å². The fourth-order valence-corrected chi connectivity index (χ4v) is 6.88. The molecule has 0 rings (SSSR count). The van der Waals surface area contributed by atoms with Crippen molar-refractivity contribution in [2.75, 3.05) is 41.0 Å². The van der Waals surface area contributed by atoms with Crippen LogP contribution in [0.3, 0.4) is 0 Å². The second-order valence-corrected chi connectivity index (χ2v) is 17.3. The molecule has 0 aliphatic rings. The number of hydrogen-bond acceptors (Lipinski definition) is 7. The highest BCUT2D eigenvalue weighted by Gasteiger charge is 2.25. The lowest BCUT2D eigenvalue weighted by Crippen LogP contribution is -2.55. The zero-order chi connectivity index (χ0) is 44.2. The van der Waals surface area contributed by atoms with Crippen LogP contribution in [0, 0.1) is 0 Å². The minimum absolute atomic E-state index is 0.0319. The van der Waals surface area contributed by atoms with Gasteiger partial charge < -0.3 is 28.6 Å². The van der Waals surface area contributed by atoms with Crippen molar-refractivity contribution in [2.24, 2.45) is 0 Å². The summed E-state index contributed by atoms with van der Waals surface area (Å²) >= 11 is 0. The summed E-state index contributed by atoms with van der Waals surface area (Å²) in [6, 6.07) is -0.731. The number of carboxylic acid groups (broad SMARTS) is 1. The van der Waals surface area contributed by atoms with E-state index < -0.39 is 18.1 Å². The summed E-state index contributed by atoms with van der Waals surface area (Å²) in [7, 11) is 5.40. The van der Waals surface area contributed by atoms with Crippen LogP contribution in [0.25, 0.3) is 0 Å². The highest BCUT2D eigenvalue weighted by atomic mass is 16.6. The molecule has 0 aromatic rings. The largest absolute Gasteiger partial charge is 0.544 e. The molecule has 0 radical (unpaired) electrons. The Labute approximate surface area is 368 Å². The van der Waals surface area contributed by atoms with E-state index in [4.69, 9.17) is 14.2 Å². The van der Waals surface area contributed by atoms with Crippen LogP contribution in [0.1, 0.15) is 200 Å². The van der Waals surface area contributed by atoms with E-state index in [0.717, 1.165) is 77.0 Å². The number of esters is 2. The number of quaternary nitrogens is 1. The topological polar surface area (TPSA) is 102 Å². The number of ether oxygens (including phenoxy) is 3. The average molecular weight is 842 g/mol. The Hall–Kier alpha value is -2.97. The molecular formula is C52H91NO7. The number of rotatable bonds is 43. The number of aliphatic carboxylic acids is 1. The molecule has 0 aliphatic carbocycles. The van der Waals surface area contributed by atoms with Crippen molar-refractivity contribution in [1.29, 1.82) is 0 Å². The van der Waals surface area contributed by atoms with Crippen LogP contribution < -0.4 is 5.11 Å². The van der Waals surface area contributed by atoms with Crippen molar-refractivity contribution < 1.29 is 38.2 Å². The Morgan fingerprint density at radius 1 is 0.517 bits per heavy atom. The van der Waals surface area contributed by atoms with Gasteiger partial charge in [-0.05, 0) is 77.0 Å². The second kappa shape index (κ2) is 42.7. The van der Waals surface area contributed by atoms with Crippen molar-refractivity contribution in [3.05, 3.63) is 60.8 Å². The van der Waals surface area contributed by atoms with E-state index in [1.54, 1.807) is 21.1 Å². The molecule has 0 bridgehead atoms. The standard InChI is InChI=1S/C52H91NO7/c1-6-8-10-12-14-16-18-20-22-24-25-27-29-31-33-35-37-39-41-43-51(55)60-48(46-58-45-44-49(52(56)57)53(3,4)5)47-59-50(54)42-40-38-36-34-32-30-28-26-23-21-19-17-15-13-11-9-7-2/h8,10,14,16,20-23,25,27,48-49H,6-7,9,11-13,15,17-19,24,26,28-47H2,1-5H3/b10-8-,16-14-,22-20-,23-21-,27-25-. The molecule has 346 valence electrons. The third-order valence-electron chi connectivity index (χ3n) is 10.6. The summed E-state index contributed by atoms with van der Waals surface area (Å²) in [5, 5.41) is 11.6. The molecule has 0 heterocycles. The van der Waals surface area contributed by atoms with Gasteiger partial charge in [0.25, 0.3) is 0 Å². The van der Waals surface area contributed by atoms with E-state index >= 15 is 0 Å². The van der Waals surface area contributed by atoms with Gasteiger partial charge in [0.05, 0.1) is 40.3 Å². The zero-order valence-electron chi connectivity index (χ0n) is 39.4. The van der Waals surface area contributed by atoms with E-state index in [1.165, 1.54) is 89.9 Å². The monoisotopic (exact) mass is 842 g/mol. The summed E-state index contributed by atoms with van der Waals surface area (Å²) in [4.78, 5) is 37.0. The van der Waals surface area contributed by atoms with Crippen LogP contribution >= 0.6 is 0 Å². The number of carbonyl (C=O) groups excluding carboxylic acids is 3. The van der Waals surface area contributed by atoms with Gasteiger partial charge in [-0.2, -0.15) is 0 Å². The minimum atomic E-state index is -1.13. The van der Waals surface area contributed by atoms with Gasteiger partial charge in [-0.15, -0.1) is 0 Å². The van der Waals surface area contributed by atoms with E-state index in [0.29, 0.717) is 12.8 Å². The van der Waals surface area contributed by atoms with Gasteiger partial charge in [0.15, 0.2) is 6.10 Å². The van der Waals surface area contributed by atoms with Crippen LogP contribution in [-0.4, -0.2) is 75.5 Å². The first-order valence-electron chi connectivity index (χ1n) is 24.3. The quantitative estimate of drug-likeness (QED) is 0.0261. The van der Waals surface area contributed by atoms with Crippen molar-refractivity contribution in [3.8, 4) is 0 Å². The van der Waals surface area contributed by atoms with Gasteiger partial charge in [-0.1, -0.05) is 164 Å². The molecular weight excluding hydrogens is 751 g/mol. The number of unbranched alkanes of at least 4 members (excludes halogenated alkanes) is 19. The van der Waals surface area contributed by atoms with E-state index in [-0.39, 0.29) is 42.7 Å². The molecule has 0 fully saturated rings. The maximum Gasteiger partial charge on any atom is 0.306 e. The number of carbonyl (C=O) groups is 3. The van der Waals surface area contributed by atoms with Crippen molar-refractivity contribution >= 4 is 17.9 Å². The molecule has 2 unspecified atom stereocenters. The Morgan fingerprint density at radius 3 is 1.40 bits per heavy atom. The number of carboxylic acids is 1. The third kappa shape index (κ3) is 40.4. The van der Waals surface area contributed by atoms with Gasteiger partial charge in [0.1, 0.15) is 12.6 Å². The SMILES string of the molecule is CC/C=C\C/C=C\C/C=C\C/C=C\CCCCCCCCC(=O)OC(COCCC(C(=O)[O-])[N+](C)(C)C)COC(=O)CCCCCCCCC/C=C\CCCCCCCC. The summed E-state index contributed by atoms with van der Waals surface area (Å²) in [5.41, 5.74) is 0. The molecule has 60 heavy (non-hydrogen) atoms. The summed E-state index contributed by atoms with van der Waals surface area (Å²) in [6.07, 6.45) is 52.4. The fraction of sp³-hybridized carbons (Fsp3) is 0.750. The van der Waals surface area contributed by atoms with Crippen LogP contribution in [0.15, 0.2) is 60.8 Å². The first kappa shape index (κ1) is 57.0.